The van der Waals surface area contributed by atoms with Crippen molar-refractivity contribution in [3.63, 3.8) is 0 Å². The highest BCUT2D eigenvalue weighted by Crippen LogP contribution is 2.30. The van der Waals surface area contributed by atoms with Crippen molar-refractivity contribution in [1.82, 2.24) is 14.5 Å². The zero-order valence-corrected chi connectivity index (χ0v) is 24.1. The van der Waals surface area contributed by atoms with E-state index in [0.29, 0.717) is 5.02 Å². The Morgan fingerprint density at radius 3 is 2.34 bits per heavy atom. The molecule has 2 aliphatic rings. The van der Waals surface area contributed by atoms with Gasteiger partial charge in [0.1, 0.15) is 10.9 Å². The van der Waals surface area contributed by atoms with Crippen molar-refractivity contribution in [2.75, 3.05) is 6.54 Å². The maximum absolute atomic E-state index is 13.9. The summed E-state index contributed by atoms with van der Waals surface area (Å²) in [5, 5.41) is 3.64. The number of rotatable bonds is 10. The van der Waals surface area contributed by atoms with Crippen LogP contribution in [0.1, 0.15) is 53.6 Å². The molecule has 41 heavy (non-hydrogen) atoms. The number of hydrogen-bond donors (Lipinski definition) is 1. The van der Waals surface area contributed by atoms with Gasteiger partial charge in [-0.05, 0) is 48.2 Å². The number of nitrogens with one attached hydrogen (secondary N) is 1. The molecule has 3 aromatic rings. The van der Waals surface area contributed by atoms with Gasteiger partial charge in [-0.3, -0.25) is 14.4 Å². The van der Waals surface area contributed by atoms with Crippen molar-refractivity contribution in [1.29, 1.82) is 0 Å². The number of fused-ring (bicyclic) bond motifs is 1. The van der Waals surface area contributed by atoms with Crippen LogP contribution in [0.15, 0.2) is 83.8 Å². The van der Waals surface area contributed by atoms with E-state index >= 15 is 0 Å². The lowest BCUT2D eigenvalue weighted by Crippen LogP contribution is -2.52. The lowest BCUT2D eigenvalue weighted by molar-refractivity contribution is -0.141. The summed E-state index contributed by atoms with van der Waals surface area (Å²) in [6, 6.07) is 21.7. The van der Waals surface area contributed by atoms with E-state index in [1.54, 1.807) is 30.3 Å². The first kappa shape index (κ1) is 28.8. The number of sulfonamides is 1. The maximum atomic E-state index is 13.9. The quantitative estimate of drug-likeness (QED) is 0.371. The predicted molar refractivity (Wildman–Crippen MR) is 156 cm³/mol. The number of nitrogens with zero attached hydrogens (tertiary/aromatic N) is 2. The minimum atomic E-state index is -4.07. The molecule has 1 aliphatic carbocycles. The van der Waals surface area contributed by atoms with Gasteiger partial charge >= 0.3 is 0 Å². The molecule has 1 saturated carbocycles. The van der Waals surface area contributed by atoms with Crippen LogP contribution in [0.2, 0.25) is 5.02 Å². The molecule has 3 aromatic carbocycles. The molecule has 1 N–H and O–H groups in total. The van der Waals surface area contributed by atoms with E-state index in [9.17, 15) is 22.8 Å². The van der Waals surface area contributed by atoms with Gasteiger partial charge in [0.2, 0.25) is 11.8 Å². The molecule has 1 heterocycles. The summed E-state index contributed by atoms with van der Waals surface area (Å²) >= 11 is 6.24. The van der Waals surface area contributed by atoms with E-state index in [-0.39, 0.29) is 48.3 Å². The molecular formula is C31H32ClN3O5S. The largest absolute Gasteiger partial charge is 0.352 e. The standard InChI is InChI=1S/C31H32ClN3O5S/c32-24-12-8-11-23(19-24)21-34(27(20-22-9-2-1-3-10-22)30(37)33-25-13-4-5-14-25)29(36)17-18-35-31(38)26-15-6-7-16-28(26)41(35,39)40/h1-3,6-12,15-16,19,25,27H,4-5,13-14,17-18,20-21H2,(H,33,37). The Hall–Kier alpha value is -3.69. The first-order chi connectivity index (χ1) is 19.7. The lowest BCUT2D eigenvalue weighted by Gasteiger charge is -2.33. The zero-order chi connectivity index (χ0) is 29.0. The molecule has 214 valence electrons. The van der Waals surface area contributed by atoms with Crippen LogP contribution in [0.4, 0.5) is 0 Å². The molecular weight excluding hydrogens is 562 g/mol. The van der Waals surface area contributed by atoms with E-state index < -0.39 is 27.9 Å². The van der Waals surface area contributed by atoms with E-state index in [4.69, 9.17) is 11.6 Å². The van der Waals surface area contributed by atoms with Crippen molar-refractivity contribution in [3.05, 3.63) is 101 Å². The molecule has 3 amide bonds. The number of carbonyl (C=O) groups excluding carboxylic acids is 3. The van der Waals surface area contributed by atoms with Crippen molar-refractivity contribution in [3.8, 4) is 0 Å². The van der Waals surface area contributed by atoms with Crippen LogP contribution in [-0.2, 0) is 32.6 Å². The van der Waals surface area contributed by atoms with Crippen molar-refractivity contribution >= 4 is 39.3 Å². The van der Waals surface area contributed by atoms with Crippen molar-refractivity contribution < 1.29 is 22.8 Å². The number of benzene rings is 3. The predicted octanol–water partition coefficient (Wildman–Crippen LogP) is 4.57. The molecule has 1 aliphatic heterocycles. The van der Waals surface area contributed by atoms with E-state index in [1.807, 2.05) is 36.4 Å². The van der Waals surface area contributed by atoms with Gasteiger partial charge < -0.3 is 10.2 Å². The molecule has 5 rings (SSSR count). The van der Waals surface area contributed by atoms with E-state index in [1.165, 1.54) is 17.0 Å². The molecule has 8 nitrogen and oxygen atoms in total. The first-order valence-corrected chi connectivity index (χ1v) is 15.6. The Balaban J connectivity index is 1.43. The highest BCUT2D eigenvalue weighted by atomic mass is 35.5. The number of hydrogen-bond acceptors (Lipinski definition) is 5. The monoisotopic (exact) mass is 593 g/mol. The summed E-state index contributed by atoms with van der Waals surface area (Å²) in [5.41, 5.74) is 1.71. The third-order valence-electron chi connectivity index (χ3n) is 7.66. The SMILES string of the molecule is O=C(NC1CCCC1)C(Cc1ccccc1)N(Cc1cccc(Cl)c1)C(=O)CCN1C(=O)c2ccccc2S1(=O)=O. The Morgan fingerprint density at radius 1 is 0.951 bits per heavy atom. The van der Waals surface area contributed by atoms with Crippen LogP contribution < -0.4 is 5.32 Å². The molecule has 0 spiro atoms. The molecule has 0 aromatic heterocycles. The third kappa shape index (κ3) is 6.47. The smallest absolute Gasteiger partial charge is 0.269 e. The van der Waals surface area contributed by atoms with Gasteiger partial charge in [-0.25, -0.2) is 12.7 Å². The summed E-state index contributed by atoms with van der Waals surface area (Å²) in [6.07, 6.45) is 3.86. The summed E-state index contributed by atoms with van der Waals surface area (Å²) in [5.74, 6) is -1.35. The average Bonchev–Trinajstić information content (AvgIpc) is 3.54. The van der Waals surface area contributed by atoms with Crippen LogP contribution in [-0.4, -0.2) is 54.0 Å². The molecule has 1 atom stereocenters. The highest BCUT2D eigenvalue weighted by molar-refractivity contribution is 7.90. The van der Waals surface area contributed by atoms with E-state index in [2.05, 4.69) is 5.32 Å². The van der Waals surface area contributed by atoms with Crippen LogP contribution in [0.25, 0.3) is 0 Å². The second-order valence-corrected chi connectivity index (χ2v) is 12.7. The topological polar surface area (TPSA) is 104 Å². The Labute approximate surface area is 245 Å². The minimum Gasteiger partial charge on any atom is -0.352 e. The fraction of sp³-hybridized carbons (Fsp3) is 0.323. The number of amides is 3. The first-order valence-electron chi connectivity index (χ1n) is 13.8. The average molecular weight is 594 g/mol. The van der Waals surface area contributed by atoms with Gasteiger partial charge in [-0.15, -0.1) is 0 Å². The van der Waals surface area contributed by atoms with Gasteiger partial charge in [-0.1, -0.05) is 79.0 Å². The van der Waals surface area contributed by atoms with Crippen LogP contribution >= 0.6 is 11.6 Å². The third-order valence-corrected chi connectivity index (χ3v) is 9.73. The fourth-order valence-electron chi connectivity index (χ4n) is 5.55. The maximum Gasteiger partial charge on any atom is 0.269 e. The Morgan fingerprint density at radius 2 is 1.63 bits per heavy atom. The van der Waals surface area contributed by atoms with Crippen molar-refractivity contribution in [2.24, 2.45) is 0 Å². The molecule has 0 radical (unpaired) electrons. The molecule has 1 fully saturated rings. The summed E-state index contributed by atoms with van der Waals surface area (Å²) in [7, 11) is -4.07. The second-order valence-electron chi connectivity index (χ2n) is 10.5. The van der Waals surface area contributed by atoms with Gasteiger partial charge in [0.05, 0.1) is 5.56 Å². The number of halogens is 1. The molecule has 1 unspecified atom stereocenters. The fourth-order valence-corrected chi connectivity index (χ4v) is 7.33. The Kier molecular flexibility index (Phi) is 8.75. The number of carbonyl (C=O) groups is 3. The second kappa shape index (κ2) is 12.4. The van der Waals surface area contributed by atoms with E-state index in [0.717, 1.165) is 41.1 Å². The summed E-state index contributed by atoms with van der Waals surface area (Å²) < 4.78 is 26.9. The van der Waals surface area contributed by atoms with Crippen LogP contribution in [0.3, 0.4) is 0 Å². The molecule has 0 bridgehead atoms. The highest BCUT2D eigenvalue weighted by Gasteiger charge is 2.41. The lowest BCUT2D eigenvalue weighted by atomic mass is 10.0. The molecule has 0 saturated heterocycles. The van der Waals surface area contributed by atoms with Gasteiger partial charge in [0, 0.05) is 37.0 Å². The normalized spacial score (nSPS) is 16.8. The molecule has 10 heteroatoms. The summed E-state index contributed by atoms with van der Waals surface area (Å²) in [6.45, 7) is -0.237. The Bertz CT molecular complexity index is 1540. The van der Waals surface area contributed by atoms with Gasteiger partial charge in [-0.2, -0.15) is 0 Å². The van der Waals surface area contributed by atoms with Gasteiger partial charge in [0.15, 0.2) is 0 Å². The van der Waals surface area contributed by atoms with Crippen LogP contribution in [0.5, 0.6) is 0 Å². The van der Waals surface area contributed by atoms with Gasteiger partial charge in [0.25, 0.3) is 15.9 Å². The summed E-state index contributed by atoms with van der Waals surface area (Å²) in [4.78, 5) is 42.1. The van der Waals surface area contributed by atoms with Crippen LogP contribution in [0, 0.1) is 0 Å². The minimum absolute atomic E-state index is 0.0507. The van der Waals surface area contributed by atoms with Crippen molar-refractivity contribution in [2.45, 2.75) is 62.0 Å². The zero-order valence-electron chi connectivity index (χ0n) is 22.5.